The van der Waals surface area contributed by atoms with Gasteiger partial charge in [0.25, 0.3) is 5.91 Å². The molecular formula is C10H8ClFN4O. The van der Waals surface area contributed by atoms with E-state index in [9.17, 15) is 9.18 Å². The number of aromatic nitrogens is 3. The Labute approximate surface area is 101 Å². The quantitative estimate of drug-likeness (QED) is 0.882. The zero-order chi connectivity index (χ0) is 12.6. The molecule has 7 heteroatoms. The minimum Gasteiger partial charge on any atom is -0.364 e. The van der Waals surface area contributed by atoms with Gasteiger partial charge in [0.15, 0.2) is 5.69 Å². The smallest absolute Gasteiger partial charge is 0.270 e. The summed E-state index contributed by atoms with van der Waals surface area (Å²) in [6.07, 6.45) is 1.33. The zero-order valence-electron chi connectivity index (χ0n) is 8.82. The Morgan fingerprint density at radius 3 is 2.82 bits per heavy atom. The first-order valence-corrected chi connectivity index (χ1v) is 5.05. The predicted octanol–water partition coefficient (Wildman–Crippen LogP) is 1.47. The van der Waals surface area contributed by atoms with Crippen molar-refractivity contribution in [3.8, 4) is 5.69 Å². The average molecular weight is 255 g/mol. The molecule has 0 aliphatic rings. The molecule has 0 saturated carbocycles. The lowest BCUT2D eigenvalue weighted by Crippen LogP contribution is -2.11. The number of carbonyl (C=O) groups excluding carboxylic acids is 1. The van der Waals surface area contributed by atoms with E-state index >= 15 is 0 Å². The normalized spacial score (nSPS) is 10.5. The first-order valence-electron chi connectivity index (χ1n) is 4.68. The number of nitrogens with two attached hydrogens (primary N) is 1. The molecule has 17 heavy (non-hydrogen) atoms. The predicted molar refractivity (Wildman–Crippen MR) is 59.6 cm³/mol. The van der Waals surface area contributed by atoms with Gasteiger partial charge in [-0.05, 0) is 19.1 Å². The lowest BCUT2D eigenvalue weighted by atomic mass is 10.2. The Bertz CT molecular complexity index is 596. The van der Waals surface area contributed by atoms with Gasteiger partial charge >= 0.3 is 0 Å². The Hall–Kier alpha value is -1.95. The lowest BCUT2D eigenvalue weighted by molar-refractivity contribution is 0.0995. The molecule has 1 aromatic carbocycles. The zero-order valence-corrected chi connectivity index (χ0v) is 9.57. The third-order valence-corrected chi connectivity index (χ3v) is 2.60. The van der Waals surface area contributed by atoms with E-state index in [-0.39, 0.29) is 10.7 Å². The second kappa shape index (κ2) is 4.14. The Morgan fingerprint density at radius 2 is 2.24 bits per heavy atom. The number of hydrogen-bond donors (Lipinski definition) is 1. The maximum atomic E-state index is 13.6. The molecule has 0 aliphatic carbocycles. The molecule has 0 fully saturated rings. The second-order valence-electron chi connectivity index (χ2n) is 3.42. The van der Waals surface area contributed by atoms with E-state index in [2.05, 4.69) is 10.3 Å². The standard InChI is InChI=1S/C10H8ClFN4O/c1-5-8(3-2-6(11)9(5)12)16-4-7(10(13)17)14-15-16/h2-4H,1H3,(H2,13,17). The van der Waals surface area contributed by atoms with E-state index in [1.54, 1.807) is 13.0 Å². The van der Waals surface area contributed by atoms with Crippen molar-refractivity contribution in [3.63, 3.8) is 0 Å². The number of halogens is 2. The fourth-order valence-corrected chi connectivity index (χ4v) is 1.59. The van der Waals surface area contributed by atoms with Crippen LogP contribution < -0.4 is 5.73 Å². The van der Waals surface area contributed by atoms with Crippen LogP contribution in [-0.2, 0) is 0 Å². The van der Waals surface area contributed by atoms with Crippen LogP contribution in [0.25, 0.3) is 5.69 Å². The van der Waals surface area contributed by atoms with Crippen molar-refractivity contribution in [1.29, 1.82) is 0 Å². The Balaban J connectivity index is 2.53. The number of carbonyl (C=O) groups is 1. The van der Waals surface area contributed by atoms with Crippen molar-refractivity contribution in [2.75, 3.05) is 0 Å². The summed E-state index contributed by atoms with van der Waals surface area (Å²) in [6.45, 7) is 1.56. The van der Waals surface area contributed by atoms with E-state index in [0.29, 0.717) is 11.3 Å². The molecule has 0 bridgehead atoms. The second-order valence-corrected chi connectivity index (χ2v) is 3.83. The van der Waals surface area contributed by atoms with Gasteiger partial charge in [0, 0.05) is 5.56 Å². The van der Waals surface area contributed by atoms with Crippen molar-refractivity contribution in [1.82, 2.24) is 15.0 Å². The fraction of sp³-hybridized carbons (Fsp3) is 0.100. The van der Waals surface area contributed by atoms with Gasteiger partial charge in [-0.25, -0.2) is 9.07 Å². The number of benzene rings is 1. The number of amides is 1. The van der Waals surface area contributed by atoms with E-state index in [0.717, 1.165) is 0 Å². The highest BCUT2D eigenvalue weighted by Crippen LogP contribution is 2.23. The lowest BCUT2D eigenvalue weighted by Gasteiger charge is -2.06. The third kappa shape index (κ3) is 1.99. The minimum absolute atomic E-state index is 0.0137. The van der Waals surface area contributed by atoms with Gasteiger partial charge in [0.05, 0.1) is 16.9 Å². The Morgan fingerprint density at radius 1 is 1.53 bits per heavy atom. The minimum atomic E-state index is -0.691. The first-order chi connectivity index (χ1) is 8.00. The highest BCUT2D eigenvalue weighted by molar-refractivity contribution is 6.30. The summed E-state index contributed by atoms with van der Waals surface area (Å²) in [7, 11) is 0. The van der Waals surface area contributed by atoms with Gasteiger partial charge in [-0.15, -0.1) is 5.10 Å². The molecule has 2 aromatic rings. The van der Waals surface area contributed by atoms with Crippen LogP contribution in [0.2, 0.25) is 5.02 Å². The largest absolute Gasteiger partial charge is 0.364 e. The van der Waals surface area contributed by atoms with Crippen LogP contribution in [0.4, 0.5) is 4.39 Å². The molecular weight excluding hydrogens is 247 g/mol. The summed E-state index contributed by atoms with van der Waals surface area (Å²) >= 11 is 5.63. The van der Waals surface area contributed by atoms with Crippen molar-refractivity contribution >= 4 is 17.5 Å². The van der Waals surface area contributed by atoms with Gasteiger partial charge in [-0.2, -0.15) is 0 Å². The molecule has 1 amide bonds. The average Bonchev–Trinajstić information content (AvgIpc) is 2.75. The summed E-state index contributed by atoms with van der Waals surface area (Å²) in [5.41, 5.74) is 5.83. The Kier molecular flexibility index (Phi) is 2.81. The molecule has 2 rings (SSSR count). The van der Waals surface area contributed by atoms with Crippen LogP contribution >= 0.6 is 11.6 Å². The van der Waals surface area contributed by atoms with Crippen molar-refractivity contribution < 1.29 is 9.18 Å². The van der Waals surface area contributed by atoms with Crippen molar-refractivity contribution in [2.45, 2.75) is 6.92 Å². The summed E-state index contributed by atoms with van der Waals surface area (Å²) in [6, 6.07) is 2.99. The van der Waals surface area contributed by atoms with Gasteiger partial charge in [0.1, 0.15) is 5.82 Å². The van der Waals surface area contributed by atoms with E-state index in [4.69, 9.17) is 17.3 Å². The van der Waals surface area contributed by atoms with Crippen molar-refractivity contribution in [2.24, 2.45) is 5.73 Å². The van der Waals surface area contributed by atoms with Gasteiger partial charge in [-0.3, -0.25) is 4.79 Å². The summed E-state index contributed by atoms with van der Waals surface area (Å²) < 4.78 is 14.8. The van der Waals surface area contributed by atoms with Crippen LogP contribution in [0.1, 0.15) is 16.1 Å². The number of rotatable bonds is 2. The van der Waals surface area contributed by atoms with E-state index in [1.165, 1.54) is 16.9 Å². The maximum absolute atomic E-state index is 13.6. The van der Waals surface area contributed by atoms with Crippen LogP contribution in [0.15, 0.2) is 18.3 Å². The topological polar surface area (TPSA) is 73.8 Å². The van der Waals surface area contributed by atoms with Crippen LogP contribution in [0.3, 0.4) is 0 Å². The monoisotopic (exact) mass is 254 g/mol. The summed E-state index contributed by atoms with van der Waals surface area (Å²) in [5.74, 6) is -1.22. The maximum Gasteiger partial charge on any atom is 0.270 e. The van der Waals surface area contributed by atoms with Gasteiger partial charge < -0.3 is 5.73 Å². The molecule has 0 aliphatic heterocycles. The van der Waals surface area contributed by atoms with Gasteiger partial charge in [0.2, 0.25) is 0 Å². The highest BCUT2D eigenvalue weighted by atomic mass is 35.5. The molecule has 0 atom stereocenters. The molecule has 1 aromatic heterocycles. The summed E-state index contributed by atoms with van der Waals surface area (Å²) in [5, 5.41) is 7.29. The molecule has 0 spiro atoms. The fourth-order valence-electron chi connectivity index (χ4n) is 1.38. The number of primary amides is 1. The number of hydrogen-bond acceptors (Lipinski definition) is 3. The highest BCUT2D eigenvalue weighted by Gasteiger charge is 2.13. The van der Waals surface area contributed by atoms with E-state index in [1.807, 2.05) is 0 Å². The molecule has 0 unspecified atom stereocenters. The molecule has 5 nitrogen and oxygen atoms in total. The molecule has 0 radical (unpaired) electrons. The van der Waals surface area contributed by atoms with E-state index < -0.39 is 11.7 Å². The van der Waals surface area contributed by atoms with Crippen LogP contribution in [0, 0.1) is 12.7 Å². The van der Waals surface area contributed by atoms with Crippen LogP contribution in [0.5, 0.6) is 0 Å². The molecule has 2 N–H and O–H groups in total. The third-order valence-electron chi connectivity index (χ3n) is 2.30. The summed E-state index contributed by atoms with van der Waals surface area (Å²) in [4.78, 5) is 10.9. The molecule has 88 valence electrons. The SMILES string of the molecule is Cc1c(-n2cc(C(N)=O)nn2)ccc(Cl)c1F. The molecule has 1 heterocycles. The van der Waals surface area contributed by atoms with Crippen molar-refractivity contribution in [3.05, 3.63) is 40.4 Å². The van der Waals surface area contributed by atoms with Crippen LogP contribution in [-0.4, -0.2) is 20.9 Å². The molecule has 0 saturated heterocycles. The number of nitrogens with zero attached hydrogens (tertiary/aromatic N) is 3. The van der Waals surface area contributed by atoms with Gasteiger partial charge in [-0.1, -0.05) is 16.8 Å². The first kappa shape index (κ1) is 11.5.